The summed E-state index contributed by atoms with van der Waals surface area (Å²) < 4.78 is 13.4. The Morgan fingerprint density at radius 1 is 1.73 bits per heavy atom. The summed E-state index contributed by atoms with van der Waals surface area (Å²) in [7, 11) is 0. The van der Waals surface area contributed by atoms with Gasteiger partial charge in [-0.25, -0.2) is 4.39 Å². The summed E-state index contributed by atoms with van der Waals surface area (Å²) in [6.45, 7) is 1.57. The van der Waals surface area contributed by atoms with Crippen LogP contribution in [0.5, 0.6) is 0 Å². The van der Waals surface area contributed by atoms with Crippen molar-refractivity contribution in [2.75, 3.05) is 0 Å². The Labute approximate surface area is 85.5 Å². The highest BCUT2D eigenvalue weighted by Crippen LogP contribution is 2.14. The predicted octanol–water partition coefficient (Wildman–Crippen LogP) is 0.127. The van der Waals surface area contributed by atoms with Crippen LogP contribution in [-0.4, -0.2) is 17.3 Å². The average Bonchev–Trinajstić information content (AvgIpc) is 2.17. The second-order valence-electron chi connectivity index (χ2n) is 2.96. The third-order valence-electron chi connectivity index (χ3n) is 1.88. The van der Waals surface area contributed by atoms with Crippen molar-refractivity contribution < 1.29 is 14.0 Å². The lowest BCUT2D eigenvalue weighted by Gasteiger charge is -2.10. The zero-order valence-electron chi connectivity index (χ0n) is 8.03. The van der Waals surface area contributed by atoms with E-state index in [-0.39, 0.29) is 11.3 Å². The zero-order valence-corrected chi connectivity index (χ0v) is 8.03. The van der Waals surface area contributed by atoms with Crippen LogP contribution in [0.25, 0.3) is 0 Å². The lowest BCUT2D eigenvalue weighted by molar-refractivity contribution is -0.110. The Morgan fingerprint density at radius 3 is 2.87 bits per heavy atom. The number of pyridine rings is 1. The largest absolute Gasteiger partial charge is 0.366 e. The second kappa shape index (κ2) is 4.50. The Hall–Kier alpha value is -1.98. The van der Waals surface area contributed by atoms with Gasteiger partial charge in [-0.15, -0.1) is 0 Å². The molecule has 1 unspecified atom stereocenters. The molecule has 0 saturated carbocycles. The summed E-state index contributed by atoms with van der Waals surface area (Å²) in [5.74, 6) is -1.42. The molecule has 6 heteroatoms. The molecule has 0 saturated heterocycles. The van der Waals surface area contributed by atoms with Crippen LogP contribution in [0.2, 0.25) is 0 Å². The monoisotopic (exact) mass is 211 g/mol. The number of halogens is 1. The smallest absolute Gasteiger partial charge is 0.250 e. The van der Waals surface area contributed by atoms with Crippen molar-refractivity contribution in [3.05, 3.63) is 29.3 Å². The van der Waals surface area contributed by atoms with Gasteiger partial charge in [0.25, 0.3) is 0 Å². The molecule has 1 aromatic rings. The van der Waals surface area contributed by atoms with Crippen LogP contribution < -0.4 is 11.1 Å². The number of nitrogens with one attached hydrogen (secondary N) is 1. The van der Waals surface area contributed by atoms with Gasteiger partial charge in [-0.3, -0.25) is 14.6 Å². The van der Waals surface area contributed by atoms with E-state index >= 15 is 0 Å². The van der Waals surface area contributed by atoms with Crippen LogP contribution in [0.15, 0.2) is 12.3 Å². The van der Waals surface area contributed by atoms with Crippen LogP contribution in [0.4, 0.5) is 4.39 Å². The number of rotatable bonds is 4. The third-order valence-corrected chi connectivity index (χ3v) is 1.88. The van der Waals surface area contributed by atoms with Crippen LogP contribution in [0, 0.1) is 5.82 Å². The molecule has 5 nitrogen and oxygen atoms in total. The van der Waals surface area contributed by atoms with Gasteiger partial charge < -0.3 is 11.1 Å². The zero-order chi connectivity index (χ0) is 11.4. The first kappa shape index (κ1) is 11.1. The minimum Gasteiger partial charge on any atom is -0.366 e. The van der Waals surface area contributed by atoms with Crippen molar-refractivity contribution in [3.8, 4) is 0 Å². The van der Waals surface area contributed by atoms with E-state index in [0.29, 0.717) is 6.41 Å². The topological polar surface area (TPSA) is 85.1 Å². The second-order valence-corrected chi connectivity index (χ2v) is 2.96. The normalized spacial score (nSPS) is 11.9. The SMILES string of the molecule is CC(NC=O)c1ncc(C(N)=O)cc1F. The molecule has 0 bridgehead atoms. The minimum absolute atomic E-state index is 0.00504. The number of nitrogens with zero attached hydrogens (tertiary/aromatic N) is 1. The third kappa shape index (κ3) is 2.49. The highest BCUT2D eigenvalue weighted by molar-refractivity contribution is 5.92. The summed E-state index contributed by atoms with van der Waals surface area (Å²) in [6.07, 6.45) is 1.62. The van der Waals surface area contributed by atoms with Gasteiger partial charge in [-0.2, -0.15) is 0 Å². The molecule has 2 amide bonds. The highest BCUT2D eigenvalue weighted by atomic mass is 19.1. The maximum atomic E-state index is 13.4. The molecule has 1 atom stereocenters. The first-order valence-electron chi connectivity index (χ1n) is 4.21. The van der Waals surface area contributed by atoms with Gasteiger partial charge in [-0.05, 0) is 13.0 Å². The van der Waals surface area contributed by atoms with Gasteiger partial charge in [0.05, 0.1) is 17.3 Å². The molecule has 3 N–H and O–H groups in total. The number of hydrogen-bond acceptors (Lipinski definition) is 3. The van der Waals surface area contributed by atoms with E-state index in [4.69, 9.17) is 5.73 Å². The van der Waals surface area contributed by atoms with Crippen molar-refractivity contribution in [3.63, 3.8) is 0 Å². The van der Waals surface area contributed by atoms with Gasteiger partial charge in [0.2, 0.25) is 12.3 Å². The maximum Gasteiger partial charge on any atom is 0.250 e. The average molecular weight is 211 g/mol. The fraction of sp³-hybridized carbons (Fsp3) is 0.222. The molecule has 0 radical (unpaired) electrons. The molecule has 1 aromatic heterocycles. The van der Waals surface area contributed by atoms with E-state index in [1.54, 1.807) is 6.92 Å². The van der Waals surface area contributed by atoms with Crippen molar-refractivity contribution >= 4 is 12.3 Å². The Morgan fingerprint density at radius 2 is 2.40 bits per heavy atom. The first-order valence-corrected chi connectivity index (χ1v) is 4.21. The van der Waals surface area contributed by atoms with Crippen LogP contribution in [-0.2, 0) is 4.79 Å². The molecule has 0 fully saturated rings. The van der Waals surface area contributed by atoms with Gasteiger partial charge in [0.1, 0.15) is 5.82 Å². The molecule has 0 spiro atoms. The molecule has 0 aliphatic rings. The summed E-state index contributed by atoms with van der Waals surface area (Å²) in [6, 6.07) is 0.442. The van der Waals surface area contributed by atoms with E-state index in [2.05, 4.69) is 10.3 Å². The summed E-state index contributed by atoms with van der Waals surface area (Å²) >= 11 is 0. The number of carbonyl (C=O) groups excluding carboxylic acids is 2. The fourth-order valence-electron chi connectivity index (χ4n) is 1.08. The quantitative estimate of drug-likeness (QED) is 0.694. The number of nitrogens with two attached hydrogens (primary N) is 1. The Balaban J connectivity index is 3.02. The van der Waals surface area contributed by atoms with Gasteiger partial charge >= 0.3 is 0 Å². The summed E-state index contributed by atoms with van der Waals surface area (Å²) in [4.78, 5) is 24.6. The minimum atomic E-state index is -0.746. The Kier molecular flexibility index (Phi) is 3.33. The van der Waals surface area contributed by atoms with E-state index in [0.717, 1.165) is 6.07 Å². The number of hydrogen-bond donors (Lipinski definition) is 2. The molecular weight excluding hydrogens is 201 g/mol. The number of amides is 2. The molecule has 0 aromatic carbocycles. The molecule has 0 aliphatic heterocycles. The predicted molar refractivity (Wildman–Crippen MR) is 50.3 cm³/mol. The van der Waals surface area contributed by atoms with Crippen LogP contribution in [0.1, 0.15) is 29.0 Å². The first-order chi connectivity index (χ1) is 7.06. The summed E-state index contributed by atoms with van der Waals surface area (Å²) in [5.41, 5.74) is 5.01. The van der Waals surface area contributed by atoms with Crippen LogP contribution >= 0.6 is 0 Å². The molecule has 0 aliphatic carbocycles. The lowest BCUT2D eigenvalue weighted by atomic mass is 10.1. The van der Waals surface area contributed by atoms with Crippen LogP contribution in [0.3, 0.4) is 0 Å². The molecule has 15 heavy (non-hydrogen) atoms. The lowest BCUT2D eigenvalue weighted by Crippen LogP contribution is -2.20. The molecule has 1 heterocycles. The standard InChI is InChI=1S/C9H10FN3O2/c1-5(13-4-14)8-7(10)2-6(3-12-8)9(11)15/h2-5H,1H3,(H2,11,15)(H,13,14). The maximum absolute atomic E-state index is 13.4. The number of aromatic nitrogens is 1. The van der Waals surface area contributed by atoms with Gasteiger partial charge in [-0.1, -0.05) is 0 Å². The van der Waals surface area contributed by atoms with Gasteiger partial charge in [0.15, 0.2) is 0 Å². The molecular formula is C9H10FN3O2. The van der Waals surface area contributed by atoms with E-state index < -0.39 is 17.8 Å². The number of carbonyl (C=O) groups is 2. The van der Waals surface area contributed by atoms with E-state index in [1.807, 2.05) is 0 Å². The van der Waals surface area contributed by atoms with Crippen molar-refractivity contribution in [2.45, 2.75) is 13.0 Å². The van der Waals surface area contributed by atoms with E-state index in [1.165, 1.54) is 6.20 Å². The Bertz CT molecular complexity index is 395. The van der Waals surface area contributed by atoms with Gasteiger partial charge in [0, 0.05) is 6.20 Å². The highest BCUT2D eigenvalue weighted by Gasteiger charge is 2.13. The number of primary amides is 1. The van der Waals surface area contributed by atoms with Crippen molar-refractivity contribution in [1.82, 2.24) is 10.3 Å². The molecule has 80 valence electrons. The molecule has 1 rings (SSSR count). The summed E-state index contributed by atoms with van der Waals surface area (Å²) in [5, 5.41) is 2.35. The fourth-order valence-corrected chi connectivity index (χ4v) is 1.08. The van der Waals surface area contributed by atoms with E-state index in [9.17, 15) is 14.0 Å². The van der Waals surface area contributed by atoms with Crippen molar-refractivity contribution in [2.24, 2.45) is 5.73 Å². The van der Waals surface area contributed by atoms with Crippen molar-refractivity contribution in [1.29, 1.82) is 0 Å².